The Morgan fingerprint density at radius 2 is 1.69 bits per heavy atom. The zero-order chi connectivity index (χ0) is 18.3. The van der Waals surface area contributed by atoms with Gasteiger partial charge in [0.25, 0.3) is 0 Å². The molecule has 1 aliphatic rings. The molecule has 0 amide bonds. The quantitative estimate of drug-likeness (QED) is 0.450. The highest BCUT2D eigenvalue weighted by molar-refractivity contribution is 7.13. The molecule has 132 valence electrons. The Hall–Kier alpha value is -1.90. The number of benzene rings is 2. The van der Waals surface area contributed by atoms with Crippen LogP contribution in [0.25, 0.3) is 22.8 Å². The Morgan fingerprint density at radius 3 is 2.35 bits per heavy atom. The highest BCUT2D eigenvalue weighted by atomic mass is 32.1. The maximum atomic E-state index is 2.42. The van der Waals surface area contributed by atoms with Crippen LogP contribution >= 0.6 is 11.3 Å². The number of rotatable bonds is 4. The molecule has 0 nitrogen and oxygen atoms in total. The van der Waals surface area contributed by atoms with Crippen molar-refractivity contribution >= 4 is 36.2 Å². The normalized spacial score (nSPS) is 13.6. The first-order chi connectivity index (χ1) is 12.5. The minimum Gasteiger partial charge on any atom is -0.141 e. The van der Waals surface area contributed by atoms with Crippen LogP contribution in [0.5, 0.6) is 0 Å². The van der Waals surface area contributed by atoms with Crippen LogP contribution in [0.15, 0.2) is 54.6 Å². The molecular formula is C24H26SSi. The van der Waals surface area contributed by atoms with E-state index in [0.29, 0.717) is 0 Å². The summed E-state index contributed by atoms with van der Waals surface area (Å²) in [6, 6.07) is 20.7. The SMILES string of the molecule is CCc1ccc(C2=Cc3c(cccc3-c3ccc([Si](C)(C)C)cc3)C2)s1. The lowest BCUT2D eigenvalue weighted by Gasteiger charge is -2.17. The van der Waals surface area contributed by atoms with Crippen molar-refractivity contribution < 1.29 is 0 Å². The lowest BCUT2D eigenvalue weighted by Crippen LogP contribution is -2.37. The van der Waals surface area contributed by atoms with Gasteiger partial charge in [0.1, 0.15) is 0 Å². The third-order valence-corrected chi connectivity index (χ3v) is 8.65. The first-order valence-electron chi connectivity index (χ1n) is 9.48. The molecule has 0 aliphatic heterocycles. The summed E-state index contributed by atoms with van der Waals surface area (Å²) in [4.78, 5) is 2.90. The molecule has 0 radical (unpaired) electrons. The Bertz CT molecular complexity index is 968. The van der Waals surface area contributed by atoms with Gasteiger partial charge in [-0.2, -0.15) is 0 Å². The molecular weight excluding hydrogens is 348 g/mol. The van der Waals surface area contributed by atoms with Crippen molar-refractivity contribution in [1.29, 1.82) is 0 Å². The van der Waals surface area contributed by atoms with Crippen LogP contribution in [0.1, 0.15) is 27.8 Å². The summed E-state index contributed by atoms with van der Waals surface area (Å²) in [5.41, 5.74) is 7.04. The molecule has 2 heteroatoms. The van der Waals surface area contributed by atoms with Crippen molar-refractivity contribution in [2.75, 3.05) is 0 Å². The Kier molecular flexibility index (Phi) is 4.50. The number of thiophene rings is 1. The van der Waals surface area contributed by atoms with Crippen molar-refractivity contribution in [3.63, 3.8) is 0 Å². The van der Waals surface area contributed by atoms with Crippen LogP contribution in [0, 0.1) is 0 Å². The van der Waals surface area contributed by atoms with E-state index in [9.17, 15) is 0 Å². The molecule has 0 saturated carbocycles. The van der Waals surface area contributed by atoms with Gasteiger partial charge in [0.15, 0.2) is 0 Å². The van der Waals surface area contributed by atoms with Crippen LogP contribution in [-0.2, 0) is 12.8 Å². The van der Waals surface area contributed by atoms with Crippen molar-refractivity contribution in [3.05, 3.63) is 75.5 Å². The molecule has 0 saturated heterocycles. The van der Waals surface area contributed by atoms with E-state index in [-0.39, 0.29) is 0 Å². The highest BCUT2D eigenvalue weighted by Gasteiger charge is 2.20. The van der Waals surface area contributed by atoms with Gasteiger partial charge in [-0.25, -0.2) is 0 Å². The van der Waals surface area contributed by atoms with Gasteiger partial charge in [-0.05, 0) is 58.9 Å². The molecule has 0 fully saturated rings. The summed E-state index contributed by atoms with van der Waals surface area (Å²) in [5.74, 6) is 0. The third-order valence-electron chi connectivity index (χ3n) is 5.28. The number of hydrogen-bond acceptors (Lipinski definition) is 1. The summed E-state index contributed by atoms with van der Waals surface area (Å²) in [5, 5.41) is 1.52. The second-order valence-corrected chi connectivity index (χ2v) is 14.4. The summed E-state index contributed by atoms with van der Waals surface area (Å²) in [7, 11) is -1.24. The van der Waals surface area contributed by atoms with Gasteiger partial charge in [-0.15, -0.1) is 11.3 Å². The molecule has 0 bridgehead atoms. The van der Waals surface area contributed by atoms with E-state index in [1.165, 1.54) is 42.8 Å². The molecule has 2 aromatic carbocycles. The topological polar surface area (TPSA) is 0 Å². The fraction of sp³-hybridized carbons (Fsp3) is 0.250. The summed E-state index contributed by atoms with van der Waals surface area (Å²) < 4.78 is 0. The van der Waals surface area contributed by atoms with Crippen molar-refractivity contribution in [3.8, 4) is 11.1 Å². The predicted molar refractivity (Wildman–Crippen MR) is 120 cm³/mol. The summed E-state index contributed by atoms with van der Waals surface area (Å²) in [6.07, 6.45) is 4.60. The van der Waals surface area contributed by atoms with Crippen LogP contribution in [-0.4, -0.2) is 8.07 Å². The molecule has 4 rings (SSSR count). The Morgan fingerprint density at radius 1 is 0.923 bits per heavy atom. The fourth-order valence-electron chi connectivity index (χ4n) is 3.67. The van der Waals surface area contributed by atoms with Crippen LogP contribution < -0.4 is 5.19 Å². The number of fused-ring (bicyclic) bond motifs is 1. The lowest BCUT2D eigenvalue weighted by molar-refractivity contribution is 1.19. The predicted octanol–water partition coefficient (Wildman–Crippen LogP) is 6.62. The Labute approximate surface area is 162 Å². The van der Waals surface area contributed by atoms with Crippen LogP contribution in [0.4, 0.5) is 0 Å². The molecule has 0 N–H and O–H groups in total. The van der Waals surface area contributed by atoms with Gasteiger partial charge >= 0.3 is 0 Å². The molecule has 0 spiro atoms. The Balaban J connectivity index is 1.72. The second kappa shape index (κ2) is 6.68. The number of allylic oxidation sites excluding steroid dienone is 1. The van der Waals surface area contributed by atoms with E-state index < -0.39 is 8.07 Å². The highest BCUT2D eigenvalue weighted by Crippen LogP contribution is 2.39. The van der Waals surface area contributed by atoms with Gasteiger partial charge in [0.05, 0.1) is 8.07 Å². The number of aryl methyl sites for hydroxylation is 1. The van der Waals surface area contributed by atoms with Crippen molar-refractivity contribution in [2.45, 2.75) is 39.4 Å². The minimum atomic E-state index is -1.24. The van der Waals surface area contributed by atoms with E-state index in [0.717, 1.165) is 12.8 Å². The molecule has 0 unspecified atom stereocenters. The van der Waals surface area contributed by atoms with Crippen LogP contribution in [0.2, 0.25) is 19.6 Å². The van der Waals surface area contributed by atoms with Gasteiger partial charge in [-0.3, -0.25) is 0 Å². The average Bonchev–Trinajstić information content (AvgIpc) is 3.27. The maximum absolute atomic E-state index is 2.42. The maximum Gasteiger partial charge on any atom is 0.0775 e. The van der Waals surface area contributed by atoms with Gasteiger partial charge in [0.2, 0.25) is 0 Å². The largest absolute Gasteiger partial charge is 0.141 e. The van der Waals surface area contributed by atoms with Crippen molar-refractivity contribution in [1.82, 2.24) is 0 Å². The van der Waals surface area contributed by atoms with E-state index in [1.54, 1.807) is 0 Å². The molecule has 26 heavy (non-hydrogen) atoms. The zero-order valence-corrected chi connectivity index (χ0v) is 17.9. The summed E-state index contributed by atoms with van der Waals surface area (Å²) in [6.45, 7) is 9.45. The minimum absolute atomic E-state index is 1.06. The molecule has 1 aromatic heterocycles. The lowest BCUT2D eigenvalue weighted by atomic mass is 9.97. The smallest absolute Gasteiger partial charge is 0.0775 e. The van der Waals surface area contributed by atoms with E-state index in [2.05, 4.69) is 87.2 Å². The van der Waals surface area contributed by atoms with E-state index >= 15 is 0 Å². The first-order valence-corrected chi connectivity index (χ1v) is 13.8. The molecule has 0 atom stereocenters. The monoisotopic (exact) mass is 374 g/mol. The zero-order valence-electron chi connectivity index (χ0n) is 16.1. The van der Waals surface area contributed by atoms with E-state index in [4.69, 9.17) is 0 Å². The van der Waals surface area contributed by atoms with Gasteiger partial charge in [0, 0.05) is 9.75 Å². The summed E-state index contributed by atoms with van der Waals surface area (Å²) >= 11 is 1.94. The van der Waals surface area contributed by atoms with Crippen molar-refractivity contribution in [2.24, 2.45) is 0 Å². The standard InChI is InChI=1S/C24H26SSi/c1-5-20-11-14-24(25-20)19-15-18-7-6-8-22(23(18)16-19)17-9-12-21(13-10-17)26(2,3)4/h6-14,16H,5,15H2,1-4H3. The average molecular weight is 375 g/mol. The first kappa shape index (κ1) is 17.5. The number of hydrogen-bond donors (Lipinski definition) is 0. The third kappa shape index (κ3) is 3.24. The fourth-order valence-corrected chi connectivity index (χ4v) is 5.80. The molecule has 3 aromatic rings. The van der Waals surface area contributed by atoms with E-state index in [1.807, 2.05) is 11.3 Å². The van der Waals surface area contributed by atoms with Crippen LogP contribution in [0.3, 0.4) is 0 Å². The van der Waals surface area contributed by atoms with Gasteiger partial charge < -0.3 is 0 Å². The van der Waals surface area contributed by atoms with Gasteiger partial charge in [-0.1, -0.05) is 74.2 Å². The second-order valence-electron chi connectivity index (χ2n) is 8.17. The molecule has 1 heterocycles. The molecule has 1 aliphatic carbocycles.